The zero-order chi connectivity index (χ0) is 23.2. The SMILES string of the molecule is NC(=O)c1cccc2c1c1[c]cc(-c3ccco3)cc1n2Cc1cccc(OC(F)(F)F)c1. The van der Waals surface area contributed by atoms with Crippen LogP contribution in [0.4, 0.5) is 13.2 Å². The van der Waals surface area contributed by atoms with E-state index in [9.17, 15) is 18.0 Å². The van der Waals surface area contributed by atoms with Crippen LogP contribution in [0.5, 0.6) is 5.75 Å². The molecular formula is C25H16F3N2O3. The third-order valence-corrected chi connectivity index (χ3v) is 5.34. The van der Waals surface area contributed by atoms with Gasteiger partial charge in [0.1, 0.15) is 11.5 Å². The Morgan fingerprint density at radius 1 is 1.06 bits per heavy atom. The van der Waals surface area contributed by atoms with E-state index in [4.69, 9.17) is 10.2 Å². The summed E-state index contributed by atoms with van der Waals surface area (Å²) in [5.74, 6) is -0.245. The van der Waals surface area contributed by atoms with Crippen molar-refractivity contribution >= 4 is 27.7 Å². The van der Waals surface area contributed by atoms with Gasteiger partial charge in [0.25, 0.3) is 0 Å². The quantitative estimate of drug-likeness (QED) is 0.363. The number of primary amides is 1. The average Bonchev–Trinajstić information content (AvgIpc) is 3.40. The van der Waals surface area contributed by atoms with Crippen molar-refractivity contribution in [2.45, 2.75) is 12.9 Å². The van der Waals surface area contributed by atoms with Crippen LogP contribution in [-0.4, -0.2) is 16.8 Å². The second-order valence-corrected chi connectivity index (χ2v) is 7.47. The first-order valence-electron chi connectivity index (χ1n) is 9.95. The average molecular weight is 449 g/mol. The summed E-state index contributed by atoms with van der Waals surface area (Å²) < 4.78 is 49.5. The topological polar surface area (TPSA) is 70.4 Å². The van der Waals surface area contributed by atoms with Crippen molar-refractivity contribution in [3.05, 3.63) is 90.2 Å². The van der Waals surface area contributed by atoms with Crippen molar-refractivity contribution in [2.75, 3.05) is 0 Å². The fourth-order valence-corrected chi connectivity index (χ4v) is 4.04. The zero-order valence-electron chi connectivity index (χ0n) is 17.0. The third-order valence-electron chi connectivity index (χ3n) is 5.34. The summed E-state index contributed by atoms with van der Waals surface area (Å²) in [6.07, 6.45) is -3.22. The van der Waals surface area contributed by atoms with Crippen LogP contribution < -0.4 is 10.5 Å². The number of hydrogen-bond acceptors (Lipinski definition) is 3. The number of carbonyl (C=O) groups is 1. The summed E-state index contributed by atoms with van der Waals surface area (Å²) in [5.41, 5.74) is 8.75. The number of fused-ring (bicyclic) bond motifs is 3. The number of ether oxygens (including phenoxy) is 1. The number of alkyl halides is 3. The lowest BCUT2D eigenvalue weighted by Crippen LogP contribution is -2.17. The molecule has 0 aliphatic heterocycles. The maximum atomic E-state index is 12.7. The Labute approximate surface area is 185 Å². The van der Waals surface area contributed by atoms with Crippen LogP contribution in [0.1, 0.15) is 15.9 Å². The number of halogens is 3. The Bertz CT molecular complexity index is 1480. The second-order valence-electron chi connectivity index (χ2n) is 7.47. The maximum Gasteiger partial charge on any atom is 0.573 e. The molecule has 8 heteroatoms. The monoisotopic (exact) mass is 449 g/mol. The van der Waals surface area contributed by atoms with E-state index in [1.165, 1.54) is 18.2 Å². The highest BCUT2D eigenvalue weighted by Crippen LogP contribution is 2.35. The van der Waals surface area contributed by atoms with Crippen molar-refractivity contribution in [1.29, 1.82) is 0 Å². The molecule has 2 aromatic heterocycles. The number of carbonyl (C=O) groups excluding carboxylic acids is 1. The predicted molar refractivity (Wildman–Crippen MR) is 117 cm³/mol. The van der Waals surface area contributed by atoms with Crippen molar-refractivity contribution in [3.8, 4) is 17.1 Å². The van der Waals surface area contributed by atoms with Gasteiger partial charge >= 0.3 is 6.36 Å². The van der Waals surface area contributed by atoms with Crippen LogP contribution >= 0.6 is 0 Å². The summed E-state index contributed by atoms with van der Waals surface area (Å²) in [4.78, 5) is 12.1. The van der Waals surface area contributed by atoms with Gasteiger partial charge in [0.05, 0.1) is 17.3 Å². The van der Waals surface area contributed by atoms with Gasteiger partial charge in [0, 0.05) is 28.4 Å². The molecule has 0 spiro atoms. The van der Waals surface area contributed by atoms with Crippen LogP contribution in [-0.2, 0) is 6.54 Å². The van der Waals surface area contributed by atoms with E-state index in [0.717, 1.165) is 11.1 Å². The Morgan fingerprint density at radius 2 is 1.88 bits per heavy atom. The lowest BCUT2D eigenvalue weighted by Gasteiger charge is -2.12. The molecule has 1 radical (unpaired) electrons. The number of furan rings is 1. The molecule has 5 nitrogen and oxygen atoms in total. The van der Waals surface area contributed by atoms with Crippen molar-refractivity contribution in [3.63, 3.8) is 0 Å². The van der Waals surface area contributed by atoms with Gasteiger partial charge in [-0.05, 0) is 60.2 Å². The Balaban J connectivity index is 1.71. The summed E-state index contributed by atoms with van der Waals surface area (Å²) in [6, 6.07) is 21.5. The minimum atomic E-state index is -4.78. The first-order valence-corrected chi connectivity index (χ1v) is 9.95. The molecule has 2 heterocycles. The zero-order valence-corrected chi connectivity index (χ0v) is 17.0. The van der Waals surface area contributed by atoms with E-state index < -0.39 is 12.3 Å². The summed E-state index contributed by atoms with van der Waals surface area (Å²) >= 11 is 0. The summed E-state index contributed by atoms with van der Waals surface area (Å²) in [7, 11) is 0. The number of rotatable bonds is 5. The molecule has 0 unspecified atom stereocenters. The Morgan fingerprint density at radius 3 is 2.61 bits per heavy atom. The molecule has 0 bridgehead atoms. The number of hydrogen-bond donors (Lipinski definition) is 1. The molecule has 0 saturated carbocycles. The first-order chi connectivity index (χ1) is 15.8. The van der Waals surface area contributed by atoms with Crippen molar-refractivity contribution < 1.29 is 27.1 Å². The molecule has 0 aliphatic rings. The van der Waals surface area contributed by atoms with Crippen LogP contribution in [0.3, 0.4) is 0 Å². The van der Waals surface area contributed by atoms with E-state index in [-0.39, 0.29) is 12.3 Å². The highest BCUT2D eigenvalue weighted by molar-refractivity contribution is 6.18. The van der Waals surface area contributed by atoms with Gasteiger partial charge in [-0.2, -0.15) is 0 Å². The highest BCUT2D eigenvalue weighted by atomic mass is 19.4. The fraction of sp³-hybridized carbons (Fsp3) is 0.0800. The van der Waals surface area contributed by atoms with Gasteiger partial charge in [-0.15, -0.1) is 13.2 Å². The highest BCUT2D eigenvalue weighted by Gasteiger charge is 2.31. The molecule has 33 heavy (non-hydrogen) atoms. The minimum Gasteiger partial charge on any atom is -0.464 e. The van der Waals surface area contributed by atoms with Gasteiger partial charge in [-0.3, -0.25) is 4.79 Å². The third kappa shape index (κ3) is 3.91. The van der Waals surface area contributed by atoms with Gasteiger partial charge in [-0.1, -0.05) is 18.2 Å². The molecule has 0 aliphatic carbocycles. The Hall–Kier alpha value is -4.20. The van der Waals surface area contributed by atoms with E-state index in [1.54, 1.807) is 36.6 Å². The normalized spacial score (nSPS) is 11.8. The van der Waals surface area contributed by atoms with Gasteiger partial charge < -0.3 is 19.5 Å². The van der Waals surface area contributed by atoms with E-state index >= 15 is 0 Å². The van der Waals surface area contributed by atoms with E-state index in [0.29, 0.717) is 33.2 Å². The van der Waals surface area contributed by atoms with Crippen LogP contribution in [0.2, 0.25) is 0 Å². The first kappa shape index (κ1) is 20.7. The van der Waals surface area contributed by atoms with Crippen LogP contribution in [0.15, 0.2) is 77.4 Å². The Kier molecular flexibility index (Phi) is 4.85. The van der Waals surface area contributed by atoms with E-state index in [2.05, 4.69) is 10.8 Å². The standard InChI is InChI=1S/C25H16F3N2O3/c26-25(27,28)33-17-5-1-4-15(12-17)14-30-20-7-2-6-19(24(29)31)23(20)18-10-9-16(13-21(18)30)22-8-3-11-32-22/h1-9,11-13H,14H2,(H2,29,31). The number of aromatic nitrogens is 1. The molecule has 5 rings (SSSR count). The molecule has 165 valence electrons. The smallest absolute Gasteiger partial charge is 0.464 e. The lowest BCUT2D eigenvalue weighted by atomic mass is 10.0. The summed E-state index contributed by atoms with van der Waals surface area (Å²) in [5, 5.41) is 1.31. The molecule has 0 atom stereocenters. The van der Waals surface area contributed by atoms with Crippen molar-refractivity contribution in [2.24, 2.45) is 5.73 Å². The largest absolute Gasteiger partial charge is 0.573 e. The molecule has 3 aromatic carbocycles. The minimum absolute atomic E-state index is 0.229. The fourth-order valence-electron chi connectivity index (χ4n) is 4.04. The lowest BCUT2D eigenvalue weighted by molar-refractivity contribution is -0.274. The van der Waals surface area contributed by atoms with Crippen molar-refractivity contribution in [1.82, 2.24) is 4.57 Å². The molecule has 0 saturated heterocycles. The number of nitrogens with two attached hydrogens (primary N) is 1. The second kappa shape index (κ2) is 7.74. The molecular weight excluding hydrogens is 433 g/mol. The van der Waals surface area contributed by atoms with Crippen LogP contribution in [0, 0.1) is 6.07 Å². The van der Waals surface area contributed by atoms with Gasteiger partial charge in [-0.25, -0.2) is 0 Å². The number of benzene rings is 3. The maximum absolute atomic E-state index is 12.7. The van der Waals surface area contributed by atoms with Gasteiger partial charge in [0.15, 0.2) is 0 Å². The molecule has 0 fully saturated rings. The predicted octanol–water partition coefficient (Wildman–Crippen LogP) is 5.90. The van der Waals surface area contributed by atoms with E-state index in [1.807, 2.05) is 22.8 Å². The molecule has 5 aromatic rings. The number of amides is 1. The molecule has 2 N–H and O–H groups in total. The number of nitrogens with zero attached hydrogens (tertiary/aromatic N) is 1. The summed E-state index contributed by atoms with van der Waals surface area (Å²) in [6.45, 7) is 0.229. The molecule has 1 amide bonds. The van der Waals surface area contributed by atoms with Gasteiger partial charge in [0.2, 0.25) is 5.91 Å². The van der Waals surface area contributed by atoms with Crippen LogP contribution in [0.25, 0.3) is 33.1 Å².